The Labute approximate surface area is 113 Å². The largest absolute Gasteiger partial charge is 0.389 e. The summed E-state index contributed by atoms with van der Waals surface area (Å²) in [6.45, 7) is 8.37. The summed E-state index contributed by atoms with van der Waals surface area (Å²) in [5, 5.41) is 12.2. The second-order valence-electron chi connectivity index (χ2n) is 5.26. The standard InChI is InChI=1S/C14H23NO2S/c1-10(2)17-9-12(16)8-15-6-4-14-13(11(15)3)5-7-18-14/h5,7,10-12,16H,4,6,8-9H2,1-3H3. The van der Waals surface area contributed by atoms with Crippen LogP contribution in [0.1, 0.15) is 37.3 Å². The highest BCUT2D eigenvalue weighted by atomic mass is 32.1. The van der Waals surface area contributed by atoms with Crippen molar-refractivity contribution in [2.24, 2.45) is 0 Å². The number of thiophene rings is 1. The summed E-state index contributed by atoms with van der Waals surface area (Å²) in [5.41, 5.74) is 1.43. The molecule has 1 aliphatic heterocycles. The van der Waals surface area contributed by atoms with Gasteiger partial charge in [0.2, 0.25) is 0 Å². The molecule has 2 rings (SSSR count). The minimum absolute atomic E-state index is 0.182. The van der Waals surface area contributed by atoms with Gasteiger partial charge in [0.25, 0.3) is 0 Å². The second kappa shape index (κ2) is 6.15. The molecule has 0 aliphatic carbocycles. The molecule has 0 saturated carbocycles. The molecule has 0 saturated heterocycles. The molecule has 0 spiro atoms. The smallest absolute Gasteiger partial charge is 0.0900 e. The van der Waals surface area contributed by atoms with E-state index in [2.05, 4.69) is 23.3 Å². The van der Waals surface area contributed by atoms with Crippen molar-refractivity contribution >= 4 is 11.3 Å². The maximum absolute atomic E-state index is 10.0. The molecule has 2 unspecified atom stereocenters. The van der Waals surface area contributed by atoms with Gasteiger partial charge in [0.1, 0.15) is 0 Å². The van der Waals surface area contributed by atoms with E-state index in [1.165, 1.54) is 10.4 Å². The Morgan fingerprint density at radius 3 is 3.06 bits per heavy atom. The highest BCUT2D eigenvalue weighted by molar-refractivity contribution is 7.10. The molecule has 2 heterocycles. The first-order chi connectivity index (χ1) is 8.58. The first-order valence-electron chi connectivity index (χ1n) is 6.68. The molecule has 1 aromatic rings. The molecule has 0 fully saturated rings. The molecule has 4 heteroatoms. The van der Waals surface area contributed by atoms with Crippen molar-refractivity contribution in [2.45, 2.75) is 45.4 Å². The zero-order valence-corrected chi connectivity index (χ0v) is 12.2. The first kappa shape index (κ1) is 14.0. The van der Waals surface area contributed by atoms with E-state index in [1.807, 2.05) is 25.2 Å². The Kier molecular flexibility index (Phi) is 4.78. The van der Waals surface area contributed by atoms with Crippen LogP contribution in [0.3, 0.4) is 0 Å². The van der Waals surface area contributed by atoms with Crippen LogP contribution in [0.15, 0.2) is 11.4 Å². The molecule has 18 heavy (non-hydrogen) atoms. The lowest BCUT2D eigenvalue weighted by molar-refractivity contribution is -0.0143. The van der Waals surface area contributed by atoms with Crippen molar-refractivity contribution in [1.29, 1.82) is 0 Å². The van der Waals surface area contributed by atoms with Gasteiger partial charge in [-0.15, -0.1) is 11.3 Å². The minimum Gasteiger partial charge on any atom is -0.389 e. The molecule has 2 atom stereocenters. The third-order valence-corrected chi connectivity index (χ3v) is 4.47. The molecular weight excluding hydrogens is 246 g/mol. The van der Waals surface area contributed by atoms with Crippen LogP contribution in [0.5, 0.6) is 0 Å². The summed E-state index contributed by atoms with van der Waals surface area (Å²) in [7, 11) is 0. The van der Waals surface area contributed by atoms with Crippen LogP contribution >= 0.6 is 11.3 Å². The van der Waals surface area contributed by atoms with E-state index in [0.717, 1.165) is 13.0 Å². The van der Waals surface area contributed by atoms with Crippen molar-refractivity contribution in [2.75, 3.05) is 19.7 Å². The van der Waals surface area contributed by atoms with E-state index >= 15 is 0 Å². The second-order valence-corrected chi connectivity index (χ2v) is 6.26. The number of hydrogen-bond acceptors (Lipinski definition) is 4. The number of rotatable bonds is 5. The Morgan fingerprint density at radius 1 is 1.56 bits per heavy atom. The molecule has 0 radical (unpaired) electrons. The number of ether oxygens (including phenoxy) is 1. The predicted molar refractivity (Wildman–Crippen MR) is 75.1 cm³/mol. The van der Waals surface area contributed by atoms with Crippen LogP contribution in [0.25, 0.3) is 0 Å². The van der Waals surface area contributed by atoms with Gasteiger partial charge in [0, 0.05) is 24.0 Å². The quantitative estimate of drug-likeness (QED) is 0.891. The average Bonchev–Trinajstić information content (AvgIpc) is 2.79. The maximum atomic E-state index is 10.0. The van der Waals surface area contributed by atoms with E-state index in [-0.39, 0.29) is 6.10 Å². The van der Waals surface area contributed by atoms with Gasteiger partial charge in [-0.1, -0.05) is 0 Å². The average molecular weight is 269 g/mol. The predicted octanol–water partition coefficient (Wildman–Crippen LogP) is 2.45. The van der Waals surface area contributed by atoms with E-state index < -0.39 is 6.10 Å². The van der Waals surface area contributed by atoms with E-state index in [9.17, 15) is 5.11 Å². The first-order valence-corrected chi connectivity index (χ1v) is 7.56. The van der Waals surface area contributed by atoms with Crippen molar-refractivity contribution in [3.05, 3.63) is 21.9 Å². The number of fused-ring (bicyclic) bond motifs is 1. The molecular formula is C14H23NO2S. The zero-order chi connectivity index (χ0) is 13.1. The number of nitrogens with zero attached hydrogens (tertiary/aromatic N) is 1. The van der Waals surface area contributed by atoms with Crippen molar-refractivity contribution in [3.63, 3.8) is 0 Å². The fourth-order valence-electron chi connectivity index (χ4n) is 2.44. The monoisotopic (exact) mass is 269 g/mol. The fourth-order valence-corrected chi connectivity index (χ4v) is 3.40. The molecule has 0 amide bonds. The highest BCUT2D eigenvalue weighted by Crippen LogP contribution is 2.32. The molecule has 102 valence electrons. The van der Waals surface area contributed by atoms with Crippen LogP contribution < -0.4 is 0 Å². The summed E-state index contributed by atoms with van der Waals surface area (Å²) in [4.78, 5) is 3.86. The summed E-state index contributed by atoms with van der Waals surface area (Å²) in [6, 6.07) is 2.63. The number of aliphatic hydroxyl groups is 1. The number of hydrogen-bond donors (Lipinski definition) is 1. The molecule has 1 aromatic heterocycles. The summed E-state index contributed by atoms with van der Waals surface area (Å²) in [5.74, 6) is 0. The van der Waals surface area contributed by atoms with Crippen molar-refractivity contribution < 1.29 is 9.84 Å². The van der Waals surface area contributed by atoms with Crippen LogP contribution in [-0.2, 0) is 11.2 Å². The van der Waals surface area contributed by atoms with Gasteiger partial charge in [-0.3, -0.25) is 4.90 Å². The van der Waals surface area contributed by atoms with Gasteiger partial charge in [0.05, 0.1) is 18.8 Å². The SMILES string of the molecule is CC(C)OCC(O)CN1CCc2sccc2C1C. The van der Waals surface area contributed by atoms with Gasteiger partial charge in [-0.05, 0) is 44.2 Å². The van der Waals surface area contributed by atoms with Gasteiger partial charge < -0.3 is 9.84 Å². The highest BCUT2D eigenvalue weighted by Gasteiger charge is 2.26. The van der Waals surface area contributed by atoms with Crippen molar-refractivity contribution in [3.8, 4) is 0 Å². The van der Waals surface area contributed by atoms with Gasteiger partial charge in [-0.2, -0.15) is 0 Å². The summed E-state index contributed by atoms with van der Waals surface area (Å²) < 4.78 is 5.46. The Hall–Kier alpha value is -0.420. The van der Waals surface area contributed by atoms with Crippen LogP contribution in [0, 0.1) is 0 Å². The third-order valence-electron chi connectivity index (χ3n) is 3.47. The molecule has 1 N–H and O–H groups in total. The van der Waals surface area contributed by atoms with Gasteiger partial charge in [-0.25, -0.2) is 0 Å². The molecule has 0 bridgehead atoms. The van der Waals surface area contributed by atoms with Gasteiger partial charge in [0.15, 0.2) is 0 Å². The summed E-state index contributed by atoms with van der Waals surface area (Å²) in [6.07, 6.45) is 0.895. The van der Waals surface area contributed by atoms with Crippen LogP contribution in [0.2, 0.25) is 0 Å². The minimum atomic E-state index is -0.393. The number of aliphatic hydroxyl groups excluding tert-OH is 1. The lowest BCUT2D eigenvalue weighted by Crippen LogP contribution is -2.40. The zero-order valence-electron chi connectivity index (χ0n) is 11.4. The van der Waals surface area contributed by atoms with Crippen LogP contribution in [-0.4, -0.2) is 41.9 Å². The molecule has 0 aromatic carbocycles. The molecule has 3 nitrogen and oxygen atoms in total. The molecule has 1 aliphatic rings. The van der Waals surface area contributed by atoms with E-state index in [0.29, 0.717) is 19.2 Å². The Bertz CT molecular complexity index is 378. The fraction of sp³-hybridized carbons (Fsp3) is 0.714. The topological polar surface area (TPSA) is 32.7 Å². The maximum Gasteiger partial charge on any atom is 0.0900 e. The Balaban J connectivity index is 1.87. The number of β-amino-alcohol motifs (C(OH)–C–C–N with tert-alkyl or cyclic N) is 1. The van der Waals surface area contributed by atoms with E-state index in [1.54, 1.807) is 0 Å². The lowest BCUT2D eigenvalue weighted by atomic mass is 10.0. The lowest BCUT2D eigenvalue weighted by Gasteiger charge is -2.34. The summed E-state index contributed by atoms with van der Waals surface area (Å²) >= 11 is 1.85. The van der Waals surface area contributed by atoms with Gasteiger partial charge >= 0.3 is 0 Å². The Morgan fingerprint density at radius 2 is 2.33 bits per heavy atom. The van der Waals surface area contributed by atoms with Crippen LogP contribution in [0.4, 0.5) is 0 Å². The van der Waals surface area contributed by atoms with Crippen molar-refractivity contribution in [1.82, 2.24) is 4.90 Å². The third kappa shape index (κ3) is 3.32. The normalized spacial score (nSPS) is 22.2. The van der Waals surface area contributed by atoms with E-state index in [4.69, 9.17) is 4.74 Å².